The summed E-state index contributed by atoms with van der Waals surface area (Å²) in [5.74, 6) is -0.378. The fourth-order valence-electron chi connectivity index (χ4n) is 3.90. The molecule has 10 heteroatoms. The lowest BCUT2D eigenvalue weighted by atomic mass is 10.1. The van der Waals surface area contributed by atoms with E-state index in [2.05, 4.69) is 4.98 Å². The monoisotopic (exact) mass is 420 g/mol. The Morgan fingerprint density at radius 1 is 1.06 bits per heavy atom. The van der Waals surface area contributed by atoms with Gasteiger partial charge in [0, 0.05) is 30.4 Å². The molecule has 31 heavy (non-hydrogen) atoms. The van der Waals surface area contributed by atoms with Crippen molar-refractivity contribution in [3.8, 4) is 22.5 Å². The van der Waals surface area contributed by atoms with Crippen molar-refractivity contribution in [3.05, 3.63) is 66.1 Å². The van der Waals surface area contributed by atoms with Crippen LogP contribution in [0.1, 0.15) is 16.3 Å². The first-order chi connectivity index (χ1) is 14.9. The Morgan fingerprint density at radius 2 is 1.81 bits per heavy atom. The number of rotatable bonds is 3. The molecule has 3 aromatic heterocycles. The van der Waals surface area contributed by atoms with Crippen LogP contribution >= 0.6 is 0 Å². The molecule has 9 nitrogen and oxygen atoms in total. The molecule has 2 amide bonds. The van der Waals surface area contributed by atoms with E-state index in [0.29, 0.717) is 35.8 Å². The first-order valence-corrected chi connectivity index (χ1v) is 9.53. The number of halogens is 1. The van der Waals surface area contributed by atoms with E-state index in [1.54, 1.807) is 28.8 Å². The first-order valence-electron chi connectivity index (χ1n) is 9.53. The number of carbonyl (C=O) groups is 2. The minimum atomic E-state index is -1.01. The quantitative estimate of drug-likeness (QED) is 0.528. The van der Waals surface area contributed by atoms with Gasteiger partial charge in [-0.25, -0.2) is 19.2 Å². The minimum absolute atomic E-state index is 0.142. The summed E-state index contributed by atoms with van der Waals surface area (Å²) in [6, 6.07) is 9.59. The third-order valence-electron chi connectivity index (χ3n) is 5.39. The van der Waals surface area contributed by atoms with E-state index in [-0.39, 0.29) is 18.1 Å². The van der Waals surface area contributed by atoms with Crippen molar-refractivity contribution < 1.29 is 19.1 Å². The molecule has 1 aromatic carbocycles. The maximum absolute atomic E-state index is 13.5. The third kappa shape index (κ3) is 3.08. The van der Waals surface area contributed by atoms with E-state index >= 15 is 0 Å². The van der Waals surface area contributed by atoms with Gasteiger partial charge >= 0.3 is 6.09 Å². The number of nitrogens with two attached hydrogens (primary N) is 1. The maximum Gasteiger partial charge on any atom is 0.407 e. The SMILES string of the molecule is NC(=O)c1cnc2ccc(-c3c(-c4ccc(F)cc4)nc4n3CCN(C(=O)O)C4)cn12. The van der Waals surface area contributed by atoms with Crippen LogP contribution in [-0.4, -0.2) is 47.5 Å². The molecule has 156 valence electrons. The molecule has 0 saturated heterocycles. The Labute approximate surface area is 175 Å². The molecular formula is C21H17FN6O3. The number of nitrogens with zero attached hydrogens (tertiary/aromatic N) is 5. The summed E-state index contributed by atoms with van der Waals surface area (Å²) >= 11 is 0. The molecule has 3 N–H and O–H groups in total. The van der Waals surface area contributed by atoms with Crippen LogP contribution in [0.25, 0.3) is 28.2 Å². The van der Waals surface area contributed by atoms with E-state index in [1.165, 1.54) is 23.2 Å². The molecule has 0 radical (unpaired) electrons. The van der Waals surface area contributed by atoms with Gasteiger partial charge in [-0.05, 0) is 36.4 Å². The Balaban J connectivity index is 1.73. The van der Waals surface area contributed by atoms with Gasteiger partial charge in [-0.15, -0.1) is 0 Å². The molecule has 4 heterocycles. The zero-order valence-corrected chi connectivity index (χ0v) is 16.2. The summed E-state index contributed by atoms with van der Waals surface area (Å²) in [5, 5.41) is 9.37. The number of hydrogen-bond acceptors (Lipinski definition) is 4. The number of primary amides is 1. The molecule has 0 bridgehead atoms. The van der Waals surface area contributed by atoms with Crippen molar-refractivity contribution in [2.24, 2.45) is 5.73 Å². The molecule has 0 aliphatic carbocycles. The smallest absolute Gasteiger partial charge is 0.407 e. The summed E-state index contributed by atoms with van der Waals surface area (Å²) in [6.45, 7) is 0.869. The Kier molecular flexibility index (Phi) is 4.21. The van der Waals surface area contributed by atoms with Crippen molar-refractivity contribution in [2.45, 2.75) is 13.1 Å². The second-order valence-electron chi connectivity index (χ2n) is 7.24. The lowest BCUT2D eigenvalue weighted by Crippen LogP contribution is -2.37. The van der Waals surface area contributed by atoms with Crippen LogP contribution in [0, 0.1) is 5.82 Å². The number of aromatic nitrogens is 4. The summed E-state index contributed by atoms with van der Waals surface area (Å²) in [4.78, 5) is 33.4. The van der Waals surface area contributed by atoms with Gasteiger partial charge in [0.2, 0.25) is 0 Å². The zero-order chi connectivity index (χ0) is 21.7. The normalized spacial score (nSPS) is 13.4. The number of fused-ring (bicyclic) bond motifs is 2. The van der Waals surface area contributed by atoms with E-state index in [4.69, 9.17) is 10.7 Å². The average Bonchev–Trinajstić information content (AvgIpc) is 3.34. The molecule has 0 atom stereocenters. The predicted molar refractivity (Wildman–Crippen MR) is 109 cm³/mol. The molecule has 1 aliphatic rings. The highest BCUT2D eigenvalue weighted by molar-refractivity contribution is 5.92. The second-order valence-corrected chi connectivity index (χ2v) is 7.24. The average molecular weight is 420 g/mol. The fourth-order valence-corrected chi connectivity index (χ4v) is 3.90. The van der Waals surface area contributed by atoms with E-state index < -0.39 is 12.0 Å². The molecule has 5 rings (SSSR count). The standard InChI is InChI=1S/C21H17FN6O3/c22-14-4-1-12(2-5-14)18-19(27-8-7-26(21(30)31)11-17(27)25-18)13-3-6-16-24-9-15(20(23)29)28(16)10-13/h1-6,9-10H,7-8,11H2,(H2,23,29)(H,30,31). The number of pyridine rings is 1. The van der Waals surface area contributed by atoms with Gasteiger partial charge in [0.25, 0.3) is 5.91 Å². The van der Waals surface area contributed by atoms with Gasteiger partial charge in [-0.3, -0.25) is 14.1 Å². The van der Waals surface area contributed by atoms with Crippen LogP contribution in [0.4, 0.5) is 9.18 Å². The van der Waals surface area contributed by atoms with Gasteiger partial charge in [0.05, 0.1) is 24.1 Å². The van der Waals surface area contributed by atoms with Gasteiger partial charge in [-0.2, -0.15) is 0 Å². The van der Waals surface area contributed by atoms with Gasteiger partial charge in [0.1, 0.15) is 23.0 Å². The van der Waals surface area contributed by atoms with Crippen molar-refractivity contribution in [2.75, 3.05) is 6.54 Å². The Morgan fingerprint density at radius 3 is 2.52 bits per heavy atom. The van der Waals surface area contributed by atoms with Crippen LogP contribution in [0.3, 0.4) is 0 Å². The first kappa shape index (κ1) is 18.8. The topological polar surface area (TPSA) is 119 Å². The molecule has 0 spiro atoms. The number of carboxylic acid groups (broad SMARTS) is 1. The lowest BCUT2D eigenvalue weighted by molar-refractivity contribution is 0.0994. The molecule has 0 unspecified atom stereocenters. The van der Waals surface area contributed by atoms with Gasteiger partial charge in [-0.1, -0.05) is 0 Å². The minimum Gasteiger partial charge on any atom is -0.465 e. The Bertz CT molecular complexity index is 1340. The second kappa shape index (κ2) is 6.94. The zero-order valence-electron chi connectivity index (χ0n) is 16.2. The van der Waals surface area contributed by atoms with Gasteiger partial charge in [0.15, 0.2) is 0 Å². The summed E-state index contributed by atoms with van der Waals surface area (Å²) < 4.78 is 17.1. The summed E-state index contributed by atoms with van der Waals surface area (Å²) in [5.41, 5.74) is 9.07. The van der Waals surface area contributed by atoms with Crippen molar-refractivity contribution in [1.29, 1.82) is 0 Å². The number of imidazole rings is 2. The highest BCUT2D eigenvalue weighted by Crippen LogP contribution is 2.35. The number of hydrogen-bond donors (Lipinski definition) is 2. The predicted octanol–water partition coefficient (Wildman–Crippen LogP) is 2.60. The highest BCUT2D eigenvalue weighted by Gasteiger charge is 2.27. The molecular weight excluding hydrogens is 403 g/mol. The highest BCUT2D eigenvalue weighted by atomic mass is 19.1. The number of benzene rings is 1. The van der Waals surface area contributed by atoms with Crippen molar-refractivity contribution in [1.82, 2.24) is 23.8 Å². The van der Waals surface area contributed by atoms with E-state index in [0.717, 1.165) is 11.3 Å². The molecule has 1 aliphatic heterocycles. The maximum atomic E-state index is 13.5. The Hall–Kier alpha value is -4.21. The van der Waals surface area contributed by atoms with E-state index in [1.807, 2.05) is 10.6 Å². The van der Waals surface area contributed by atoms with Crippen LogP contribution < -0.4 is 5.73 Å². The van der Waals surface area contributed by atoms with Gasteiger partial charge < -0.3 is 15.4 Å². The van der Waals surface area contributed by atoms with Crippen LogP contribution in [-0.2, 0) is 13.1 Å². The molecule has 0 fully saturated rings. The number of amides is 2. The summed E-state index contributed by atoms with van der Waals surface area (Å²) in [7, 11) is 0. The fraction of sp³-hybridized carbons (Fsp3) is 0.143. The van der Waals surface area contributed by atoms with Crippen LogP contribution in [0.2, 0.25) is 0 Å². The van der Waals surface area contributed by atoms with Crippen LogP contribution in [0.15, 0.2) is 48.8 Å². The van der Waals surface area contributed by atoms with Crippen molar-refractivity contribution >= 4 is 17.6 Å². The van der Waals surface area contributed by atoms with E-state index in [9.17, 15) is 19.1 Å². The summed E-state index contributed by atoms with van der Waals surface area (Å²) in [6.07, 6.45) is 2.16. The largest absolute Gasteiger partial charge is 0.465 e. The van der Waals surface area contributed by atoms with Crippen LogP contribution in [0.5, 0.6) is 0 Å². The number of carbonyl (C=O) groups excluding carboxylic acids is 1. The van der Waals surface area contributed by atoms with Crippen molar-refractivity contribution in [3.63, 3.8) is 0 Å². The lowest BCUT2D eigenvalue weighted by Gasteiger charge is -2.26. The molecule has 0 saturated carbocycles. The third-order valence-corrected chi connectivity index (χ3v) is 5.39. The molecule has 4 aromatic rings.